The Balaban J connectivity index is 1.11. The van der Waals surface area contributed by atoms with Gasteiger partial charge in [0.15, 0.2) is 34.9 Å². The van der Waals surface area contributed by atoms with Crippen molar-refractivity contribution in [3.63, 3.8) is 0 Å². The van der Waals surface area contributed by atoms with E-state index in [9.17, 15) is 4.79 Å². The topological polar surface area (TPSA) is 104 Å². The van der Waals surface area contributed by atoms with Crippen molar-refractivity contribution in [2.45, 2.75) is 26.0 Å². The number of fused-ring (bicyclic) bond motifs is 6. The summed E-state index contributed by atoms with van der Waals surface area (Å²) in [4.78, 5) is 15.1. The van der Waals surface area contributed by atoms with E-state index in [-0.39, 0.29) is 19.0 Å². The Hall–Kier alpha value is -5.38. The highest BCUT2D eigenvalue weighted by molar-refractivity contribution is 5.90. The van der Waals surface area contributed by atoms with Crippen molar-refractivity contribution in [3.05, 3.63) is 106 Å². The second-order valence-electron chi connectivity index (χ2n) is 10.5. The molecule has 0 unspecified atom stereocenters. The molecule has 10 heteroatoms. The van der Waals surface area contributed by atoms with Gasteiger partial charge in [0, 0.05) is 35.0 Å². The molecular formula is C32H26N5O5+. The van der Waals surface area contributed by atoms with Crippen LogP contribution in [0.3, 0.4) is 0 Å². The lowest BCUT2D eigenvalue weighted by atomic mass is 9.98. The molecule has 2 aliphatic heterocycles. The number of ether oxygens (including phenoxy) is 4. The molecule has 42 heavy (non-hydrogen) atoms. The number of aromatic amines is 1. The lowest BCUT2D eigenvalue weighted by Crippen LogP contribution is -2.39. The van der Waals surface area contributed by atoms with Gasteiger partial charge in [-0.1, -0.05) is 23.4 Å². The SMILES string of the molecule is COc1ccc2cc3[n+](cc2c1OCc1cn(Cc2cc(=O)[nH]c4ccccc24)nn1)-c1cc2c(cc1CC3)OCO2. The zero-order chi connectivity index (χ0) is 28.2. The summed E-state index contributed by atoms with van der Waals surface area (Å²) >= 11 is 0. The van der Waals surface area contributed by atoms with E-state index in [0.717, 1.165) is 57.3 Å². The maximum absolute atomic E-state index is 12.2. The van der Waals surface area contributed by atoms with Crippen molar-refractivity contribution in [3.8, 4) is 28.7 Å². The first-order valence-electron chi connectivity index (χ1n) is 13.7. The van der Waals surface area contributed by atoms with Crippen molar-refractivity contribution in [1.82, 2.24) is 20.0 Å². The van der Waals surface area contributed by atoms with Crippen LogP contribution >= 0.6 is 0 Å². The number of H-pyrrole nitrogens is 1. The molecule has 0 bridgehead atoms. The summed E-state index contributed by atoms with van der Waals surface area (Å²) in [5.74, 6) is 2.82. The van der Waals surface area contributed by atoms with Crippen molar-refractivity contribution < 1.29 is 23.5 Å². The largest absolute Gasteiger partial charge is 0.493 e. The van der Waals surface area contributed by atoms with E-state index >= 15 is 0 Å². The first-order chi connectivity index (χ1) is 20.6. The van der Waals surface area contributed by atoms with E-state index in [2.05, 4.69) is 50.3 Å². The molecule has 208 valence electrons. The summed E-state index contributed by atoms with van der Waals surface area (Å²) in [6, 6.07) is 19.6. The quantitative estimate of drug-likeness (QED) is 0.307. The van der Waals surface area contributed by atoms with Crippen molar-refractivity contribution >= 4 is 21.7 Å². The first-order valence-corrected chi connectivity index (χ1v) is 13.7. The van der Waals surface area contributed by atoms with Gasteiger partial charge in [-0.15, -0.1) is 5.10 Å². The molecule has 0 amide bonds. The van der Waals surface area contributed by atoms with E-state index in [1.807, 2.05) is 36.5 Å². The maximum Gasteiger partial charge on any atom is 0.248 e. The number of nitrogens with one attached hydrogen (secondary N) is 1. The van der Waals surface area contributed by atoms with E-state index in [4.69, 9.17) is 18.9 Å². The molecule has 0 atom stereocenters. The van der Waals surface area contributed by atoms with Crippen LogP contribution in [0.1, 0.15) is 22.5 Å². The smallest absolute Gasteiger partial charge is 0.248 e. The molecule has 3 aromatic heterocycles. The number of rotatable bonds is 6. The second-order valence-corrected chi connectivity index (χ2v) is 10.5. The molecule has 0 saturated heterocycles. The van der Waals surface area contributed by atoms with Gasteiger partial charge < -0.3 is 23.9 Å². The monoisotopic (exact) mass is 560 g/mol. The predicted octanol–water partition coefficient (Wildman–Crippen LogP) is 4.01. The molecule has 5 heterocycles. The number of hydrogen-bond donors (Lipinski definition) is 1. The van der Waals surface area contributed by atoms with Crippen LogP contribution in [0.4, 0.5) is 0 Å². The Morgan fingerprint density at radius 3 is 2.81 bits per heavy atom. The van der Waals surface area contributed by atoms with Crippen LogP contribution < -0.4 is 29.1 Å². The third kappa shape index (κ3) is 4.11. The normalized spacial score (nSPS) is 13.3. The fourth-order valence-corrected chi connectivity index (χ4v) is 5.91. The fourth-order valence-electron chi connectivity index (χ4n) is 5.91. The Kier molecular flexibility index (Phi) is 5.59. The lowest BCUT2D eigenvalue weighted by molar-refractivity contribution is -0.605. The van der Waals surface area contributed by atoms with Gasteiger partial charge >= 0.3 is 0 Å². The second kappa shape index (κ2) is 9.62. The highest BCUT2D eigenvalue weighted by Gasteiger charge is 2.30. The van der Waals surface area contributed by atoms with Gasteiger partial charge in [-0.3, -0.25) is 4.79 Å². The van der Waals surface area contributed by atoms with E-state index < -0.39 is 0 Å². The molecule has 6 aromatic rings. The number of benzene rings is 3. The van der Waals surface area contributed by atoms with Gasteiger partial charge in [0.1, 0.15) is 12.3 Å². The third-order valence-corrected chi connectivity index (χ3v) is 7.91. The van der Waals surface area contributed by atoms with Crippen molar-refractivity contribution in [2.24, 2.45) is 0 Å². The van der Waals surface area contributed by atoms with Crippen LogP contribution in [-0.2, 0) is 26.0 Å². The number of hydrogen-bond acceptors (Lipinski definition) is 7. The van der Waals surface area contributed by atoms with E-state index in [0.29, 0.717) is 23.7 Å². The fraction of sp³-hybridized carbons (Fsp3) is 0.188. The average molecular weight is 561 g/mol. The van der Waals surface area contributed by atoms with Crippen LogP contribution in [0.25, 0.3) is 27.4 Å². The van der Waals surface area contributed by atoms with Crippen LogP contribution in [0.15, 0.2) is 77.9 Å². The number of aromatic nitrogens is 5. The molecule has 3 aromatic carbocycles. The molecule has 8 rings (SSSR count). The predicted molar refractivity (Wildman–Crippen MR) is 154 cm³/mol. The Labute approximate surface area is 239 Å². The Morgan fingerprint density at radius 1 is 1.02 bits per heavy atom. The zero-order valence-electron chi connectivity index (χ0n) is 22.8. The summed E-state index contributed by atoms with van der Waals surface area (Å²) in [5, 5.41) is 11.6. The van der Waals surface area contributed by atoms with Gasteiger partial charge in [-0.05, 0) is 41.6 Å². The summed E-state index contributed by atoms with van der Waals surface area (Å²) < 4.78 is 27.3. The van der Waals surface area contributed by atoms with Crippen LogP contribution in [0.2, 0.25) is 0 Å². The van der Waals surface area contributed by atoms with E-state index in [1.165, 1.54) is 11.3 Å². The summed E-state index contributed by atoms with van der Waals surface area (Å²) in [7, 11) is 1.64. The molecule has 0 saturated carbocycles. The summed E-state index contributed by atoms with van der Waals surface area (Å²) in [5.41, 5.74) is 5.67. The Morgan fingerprint density at radius 2 is 1.90 bits per heavy atom. The maximum atomic E-state index is 12.2. The van der Waals surface area contributed by atoms with Crippen LogP contribution in [0, 0.1) is 0 Å². The van der Waals surface area contributed by atoms with E-state index in [1.54, 1.807) is 17.9 Å². The van der Waals surface area contributed by atoms with Gasteiger partial charge in [0.05, 0.1) is 31.3 Å². The van der Waals surface area contributed by atoms with Gasteiger partial charge in [0.25, 0.3) is 0 Å². The van der Waals surface area contributed by atoms with Crippen LogP contribution in [0.5, 0.6) is 23.0 Å². The van der Waals surface area contributed by atoms with Crippen LogP contribution in [-0.4, -0.2) is 33.9 Å². The minimum absolute atomic E-state index is 0.150. The van der Waals surface area contributed by atoms with Gasteiger partial charge in [0.2, 0.25) is 18.0 Å². The highest BCUT2D eigenvalue weighted by Crippen LogP contribution is 2.39. The van der Waals surface area contributed by atoms with Crippen molar-refractivity contribution in [2.75, 3.05) is 13.9 Å². The number of pyridine rings is 2. The molecule has 0 radical (unpaired) electrons. The summed E-state index contributed by atoms with van der Waals surface area (Å²) in [6.45, 7) is 0.853. The lowest BCUT2D eigenvalue weighted by Gasteiger charge is -2.17. The minimum Gasteiger partial charge on any atom is -0.493 e. The molecule has 1 N–H and O–H groups in total. The summed E-state index contributed by atoms with van der Waals surface area (Å²) in [6.07, 6.45) is 5.79. The molecular weight excluding hydrogens is 534 g/mol. The number of aryl methyl sites for hydroxylation is 2. The first kappa shape index (κ1) is 24.4. The third-order valence-electron chi connectivity index (χ3n) is 7.91. The zero-order valence-corrected chi connectivity index (χ0v) is 22.8. The Bertz CT molecular complexity index is 2080. The molecule has 10 nitrogen and oxygen atoms in total. The molecule has 0 fully saturated rings. The number of para-hydroxylation sites is 1. The highest BCUT2D eigenvalue weighted by atomic mass is 16.7. The molecule has 0 aliphatic carbocycles. The van der Waals surface area contributed by atoms with Gasteiger partial charge in [-0.2, -0.15) is 4.57 Å². The molecule has 2 aliphatic rings. The molecule has 0 spiro atoms. The van der Waals surface area contributed by atoms with Crippen molar-refractivity contribution in [1.29, 1.82) is 0 Å². The van der Waals surface area contributed by atoms with Gasteiger partial charge in [-0.25, -0.2) is 4.68 Å². The minimum atomic E-state index is -0.150. The average Bonchev–Trinajstić information content (AvgIpc) is 3.66. The standard InChI is InChI=1S/C32H25N5O5/c1-39-28-9-7-19-10-23-8-6-20-11-29-30(42-18-41-29)13-27(20)37(23)16-25(19)32(28)40-17-22-15-36(35-34-22)14-21-12-31(38)33-26-5-3-2-4-24(21)26/h2-5,7,9-13,15-16H,6,8,14,17-18H2,1H3/p+1. The number of methoxy groups -OCH3 is 1. The number of nitrogens with zero attached hydrogens (tertiary/aromatic N) is 4.